The average molecular weight is 245 g/mol. The molecule has 3 aromatic rings. The van der Waals surface area contributed by atoms with Gasteiger partial charge in [-0.15, -0.1) is 22.7 Å². The van der Waals surface area contributed by atoms with Crippen molar-refractivity contribution in [3.63, 3.8) is 0 Å². The summed E-state index contributed by atoms with van der Waals surface area (Å²) in [7, 11) is 0. The number of rotatable bonds is 1. The summed E-state index contributed by atoms with van der Waals surface area (Å²) in [6.07, 6.45) is 0. The molecule has 0 atom stereocenters. The van der Waals surface area contributed by atoms with Crippen molar-refractivity contribution in [1.82, 2.24) is 4.98 Å². The fraction of sp³-hybridized carbons (Fsp3) is 0.154. The van der Waals surface area contributed by atoms with Crippen LogP contribution < -0.4 is 0 Å². The molecule has 0 bridgehead atoms. The Kier molecular flexibility index (Phi) is 2.30. The van der Waals surface area contributed by atoms with E-state index in [-0.39, 0.29) is 0 Å². The van der Waals surface area contributed by atoms with E-state index in [9.17, 15) is 0 Å². The van der Waals surface area contributed by atoms with Gasteiger partial charge in [0.1, 0.15) is 5.01 Å². The fourth-order valence-electron chi connectivity index (χ4n) is 1.66. The SMILES string of the molecule is Cc1cc(-c2nc3ccccc3s2)sc1C. The van der Waals surface area contributed by atoms with E-state index in [1.54, 1.807) is 11.3 Å². The minimum atomic E-state index is 1.10. The first-order valence-corrected chi connectivity index (χ1v) is 6.80. The number of hydrogen-bond acceptors (Lipinski definition) is 3. The number of para-hydroxylation sites is 1. The average Bonchev–Trinajstić information content (AvgIpc) is 2.83. The van der Waals surface area contributed by atoms with Gasteiger partial charge in [0.25, 0.3) is 0 Å². The zero-order valence-electron chi connectivity index (χ0n) is 9.15. The second-order valence-corrected chi connectivity index (χ2v) is 6.12. The highest BCUT2D eigenvalue weighted by Gasteiger charge is 2.09. The molecule has 0 spiro atoms. The number of aryl methyl sites for hydroxylation is 2. The second kappa shape index (κ2) is 3.68. The number of benzene rings is 1. The summed E-state index contributed by atoms with van der Waals surface area (Å²) < 4.78 is 1.27. The topological polar surface area (TPSA) is 12.9 Å². The van der Waals surface area contributed by atoms with Crippen LogP contribution in [0.25, 0.3) is 20.1 Å². The van der Waals surface area contributed by atoms with E-state index in [1.165, 1.54) is 20.0 Å². The van der Waals surface area contributed by atoms with Crippen LogP contribution in [0.1, 0.15) is 10.4 Å². The Morgan fingerprint density at radius 3 is 2.56 bits per heavy atom. The second-order valence-electron chi connectivity index (χ2n) is 3.84. The van der Waals surface area contributed by atoms with E-state index in [4.69, 9.17) is 0 Å². The molecule has 0 radical (unpaired) electrons. The monoisotopic (exact) mass is 245 g/mol. The molecular formula is C13H11NS2. The Labute approximate surface area is 102 Å². The maximum absolute atomic E-state index is 4.67. The molecule has 1 nitrogen and oxygen atoms in total. The van der Waals surface area contributed by atoms with Gasteiger partial charge < -0.3 is 0 Å². The molecule has 0 saturated heterocycles. The van der Waals surface area contributed by atoms with E-state index < -0.39 is 0 Å². The van der Waals surface area contributed by atoms with Crippen LogP contribution in [0.2, 0.25) is 0 Å². The number of thiophene rings is 1. The molecule has 0 unspecified atom stereocenters. The molecule has 16 heavy (non-hydrogen) atoms. The van der Waals surface area contributed by atoms with Crippen molar-refractivity contribution in [3.05, 3.63) is 40.8 Å². The molecule has 2 heterocycles. The molecule has 0 aliphatic heterocycles. The Balaban J connectivity index is 2.18. The zero-order valence-corrected chi connectivity index (χ0v) is 10.8. The lowest BCUT2D eigenvalue weighted by molar-refractivity contribution is 1.44. The normalized spacial score (nSPS) is 11.1. The van der Waals surface area contributed by atoms with Crippen LogP contribution in [0.4, 0.5) is 0 Å². The van der Waals surface area contributed by atoms with Gasteiger partial charge in [-0.05, 0) is 37.6 Å². The van der Waals surface area contributed by atoms with Gasteiger partial charge in [-0.1, -0.05) is 12.1 Å². The Bertz CT molecular complexity index is 596. The van der Waals surface area contributed by atoms with Gasteiger partial charge in [-0.3, -0.25) is 0 Å². The number of hydrogen-bond donors (Lipinski definition) is 0. The van der Waals surface area contributed by atoms with E-state index in [1.807, 2.05) is 17.4 Å². The molecule has 0 fully saturated rings. The molecule has 80 valence electrons. The lowest BCUT2D eigenvalue weighted by Gasteiger charge is -1.85. The third-order valence-electron chi connectivity index (χ3n) is 2.67. The van der Waals surface area contributed by atoms with Crippen molar-refractivity contribution in [1.29, 1.82) is 0 Å². The van der Waals surface area contributed by atoms with Crippen molar-refractivity contribution in [3.8, 4) is 9.88 Å². The van der Waals surface area contributed by atoms with Crippen molar-refractivity contribution < 1.29 is 0 Å². The van der Waals surface area contributed by atoms with Crippen LogP contribution in [0, 0.1) is 13.8 Å². The van der Waals surface area contributed by atoms with Gasteiger partial charge in [0.05, 0.1) is 15.1 Å². The zero-order chi connectivity index (χ0) is 11.1. The predicted molar refractivity (Wildman–Crippen MR) is 72.4 cm³/mol. The first kappa shape index (κ1) is 10.00. The lowest BCUT2D eigenvalue weighted by Crippen LogP contribution is -1.68. The molecule has 0 saturated carbocycles. The minimum Gasteiger partial charge on any atom is -0.235 e. The van der Waals surface area contributed by atoms with E-state index in [0.29, 0.717) is 0 Å². The summed E-state index contributed by atoms with van der Waals surface area (Å²) in [5.41, 5.74) is 2.46. The molecule has 0 amide bonds. The predicted octanol–water partition coefficient (Wildman–Crippen LogP) is 4.64. The van der Waals surface area contributed by atoms with E-state index in [2.05, 4.69) is 43.1 Å². The summed E-state index contributed by atoms with van der Waals surface area (Å²) in [5, 5.41) is 1.14. The molecular weight excluding hydrogens is 234 g/mol. The largest absolute Gasteiger partial charge is 0.235 e. The molecule has 0 N–H and O–H groups in total. The number of aromatic nitrogens is 1. The lowest BCUT2D eigenvalue weighted by atomic mass is 10.3. The molecule has 0 aliphatic rings. The smallest absolute Gasteiger partial charge is 0.134 e. The minimum absolute atomic E-state index is 1.10. The Hall–Kier alpha value is -1.19. The van der Waals surface area contributed by atoms with E-state index in [0.717, 1.165) is 10.5 Å². The van der Waals surface area contributed by atoms with Gasteiger partial charge in [0.15, 0.2) is 0 Å². The van der Waals surface area contributed by atoms with Crippen LogP contribution in [-0.4, -0.2) is 4.98 Å². The van der Waals surface area contributed by atoms with E-state index >= 15 is 0 Å². The van der Waals surface area contributed by atoms with Gasteiger partial charge in [-0.25, -0.2) is 4.98 Å². The summed E-state index contributed by atoms with van der Waals surface area (Å²) in [4.78, 5) is 7.34. The number of thiazole rings is 1. The fourth-order valence-corrected chi connectivity index (χ4v) is 3.70. The number of nitrogens with zero attached hydrogens (tertiary/aromatic N) is 1. The first-order valence-electron chi connectivity index (χ1n) is 5.17. The van der Waals surface area contributed by atoms with Crippen molar-refractivity contribution in [2.75, 3.05) is 0 Å². The molecule has 3 rings (SSSR count). The maximum atomic E-state index is 4.67. The third kappa shape index (κ3) is 1.56. The molecule has 1 aromatic carbocycles. The third-order valence-corrected chi connectivity index (χ3v) is 5.03. The highest BCUT2D eigenvalue weighted by Crippen LogP contribution is 2.35. The number of fused-ring (bicyclic) bond motifs is 1. The summed E-state index contributed by atoms with van der Waals surface area (Å²) in [5.74, 6) is 0. The maximum Gasteiger partial charge on any atom is 0.134 e. The highest BCUT2D eigenvalue weighted by molar-refractivity contribution is 7.25. The van der Waals surface area contributed by atoms with Gasteiger partial charge >= 0.3 is 0 Å². The van der Waals surface area contributed by atoms with Crippen LogP contribution >= 0.6 is 22.7 Å². The quantitative estimate of drug-likeness (QED) is 0.608. The van der Waals surface area contributed by atoms with Gasteiger partial charge in [0.2, 0.25) is 0 Å². The van der Waals surface area contributed by atoms with Crippen molar-refractivity contribution >= 4 is 32.9 Å². The van der Waals surface area contributed by atoms with Crippen LogP contribution in [0.3, 0.4) is 0 Å². The standard InChI is InChI=1S/C13H11NS2/c1-8-7-12(15-9(8)2)13-14-10-5-3-4-6-11(10)16-13/h3-7H,1-2H3. The van der Waals surface area contributed by atoms with Gasteiger partial charge in [-0.2, -0.15) is 0 Å². The Morgan fingerprint density at radius 1 is 1.06 bits per heavy atom. The summed E-state index contributed by atoms with van der Waals surface area (Å²) in [6, 6.07) is 10.5. The molecule has 3 heteroatoms. The summed E-state index contributed by atoms with van der Waals surface area (Å²) in [6.45, 7) is 4.32. The Morgan fingerprint density at radius 2 is 1.88 bits per heavy atom. The van der Waals surface area contributed by atoms with Crippen LogP contribution in [0.15, 0.2) is 30.3 Å². The van der Waals surface area contributed by atoms with Crippen molar-refractivity contribution in [2.45, 2.75) is 13.8 Å². The molecule has 0 aliphatic carbocycles. The van der Waals surface area contributed by atoms with Crippen molar-refractivity contribution in [2.24, 2.45) is 0 Å². The highest BCUT2D eigenvalue weighted by atomic mass is 32.1. The van der Waals surface area contributed by atoms with Crippen LogP contribution in [-0.2, 0) is 0 Å². The van der Waals surface area contributed by atoms with Crippen LogP contribution in [0.5, 0.6) is 0 Å². The van der Waals surface area contributed by atoms with Gasteiger partial charge in [0, 0.05) is 4.88 Å². The first-order chi connectivity index (χ1) is 7.74. The molecule has 2 aromatic heterocycles. The summed E-state index contributed by atoms with van der Waals surface area (Å²) >= 11 is 3.60.